The van der Waals surface area contributed by atoms with Crippen molar-refractivity contribution in [1.82, 2.24) is 15.0 Å². The van der Waals surface area contributed by atoms with E-state index >= 15 is 0 Å². The lowest BCUT2D eigenvalue weighted by Crippen LogP contribution is -2.28. The van der Waals surface area contributed by atoms with Crippen LogP contribution in [0.15, 0.2) is 237 Å². The van der Waals surface area contributed by atoms with Gasteiger partial charge in [0.05, 0.1) is 28.6 Å². The van der Waals surface area contributed by atoms with E-state index in [0.29, 0.717) is 5.82 Å². The summed E-state index contributed by atoms with van der Waals surface area (Å²) >= 11 is 0. The molecule has 3 heterocycles. The number of allylic oxidation sites excluding steroid dienone is 5. The first-order chi connectivity index (χ1) is 29.7. The van der Waals surface area contributed by atoms with Crippen molar-refractivity contribution in [2.75, 3.05) is 0 Å². The lowest BCUT2D eigenvalue weighted by molar-refractivity contribution is 0.468. The molecular weight excluding hydrogens is 731 g/mol. The Labute approximate surface area is 350 Å². The average molecular weight is 770 g/mol. The highest BCUT2D eigenvalue weighted by Crippen LogP contribution is 2.47. The van der Waals surface area contributed by atoms with Crippen LogP contribution in [0.25, 0.3) is 67.1 Å². The molecule has 0 saturated heterocycles. The zero-order chi connectivity index (χ0) is 40.1. The van der Waals surface area contributed by atoms with Crippen LogP contribution in [0.4, 0.5) is 0 Å². The highest BCUT2D eigenvalue weighted by Gasteiger charge is 2.37. The number of aromatic nitrogens is 3. The van der Waals surface area contributed by atoms with Crippen molar-refractivity contribution >= 4 is 10.9 Å². The van der Waals surface area contributed by atoms with Crippen LogP contribution in [0.3, 0.4) is 0 Å². The van der Waals surface area contributed by atoms with Gasteiger partial charge in [0.1, 0.15) is 5.75 Å². The molecule has 4 nitrogen and oxygen atoms in total. The van der Waals surface area contributed by atoms with Gasteiger partial charge in [0, 0.05) is 33.8 Å². The Balaban J connectivity index is 1.18. The van der Waals surface area contributed by atoms with Crippen molar-refractivity contribution in [3.8, 4) is 61.9 Å². The minimum atomic E-state index is -0.782. The molecule has 2 aromatic heterocycles. The van der Waals surface area contributed by atoms with E-state index in [0.717, 1.165) is 83.7 Å². The Morgan fingerprint density at radius 3 is 1.78 bits per heavy atom. The fourth-order valence-corrected chi connectivity index (χ4v) is 8.20. The van der Waals surface area contributed by atoms with Crippen LogP contribution in [0, 0.1) is 0 Å². The van der Waals surface area contributed by atoms with Crippen LogP contribution in [-0.2, 0) is 5.41 Å². The van der Waals surface area contributed by atoms with E-state index in [1.807, 2.05) is 60.8 Å². The lowest BCUT2D eigenvalue weighted by Gasteiger charge is -2.35. The summed E-state index contributed by atoms with van der Waals surface area (Å²) in [5.41, 5.74) is 12.5. The first-order valence-electron chi connectivity index (χ1n) is 20.2. The number of para-hydroxylation sites is 1. The van der Waals surface area contributed by atoms with Crippen molar-refractivity contribution in [2.24, 2.45) is 0 Å². The molecule has 0 saturated carbocycles. The molecule has 0 fully saturated rings. The first-order valence-corrected chi connectivity index (χ1v) is 20.2. The van der Waals surface area contributed by atoms with E-state index in [2.05, 4.69) is 175 Å². The topological polar surface area (TPSA) is 47.9 Å². The van der Waals surface area contributed by atoms with Gasteiger partial charge in [-0.15, -0.1) is 0 Å². The van der Waals surface area contributed by atoms with E-state index < -0.39 is 5.41 Å². The fourth-order valence-electron chi connectivity index (χ4n) is 8.20. The maximum atomic E-state index is 6.42. The van der Waals surface area contributed by atoms with Gasteiger partial charge in [-0.2, -0.15) is 0 Å². The van der Waals surface area contributed by atoms with Gasteiger partial charge < -0.3 is 4.74 Å². The van der Waals surface area contributed by atoms with E-state index in [1.54, 1.807) is 6.26 Å². The van der Waals surface area contributed by atoms with Gasteiger partial charge in [-0.25, -0.2) is 9.97 Å². The molecule has 0 amide bonds. The molecule has 1 aliphatic heterocycles. The summed E-state index contributed by atoms with van der Waals surface area (Å²) in [5.74, 6) is 1.44. The molecule has 0 spiro atoms. The summed E-state index contributed by atoms with van der Waals surface area (Å²) in [6, 6.07) is 67.9. The van der Waals surface area contributed by atoms with Crippen molar-refractivity contribution in [2.45, 2.75) is 5.41 Å². The summed E-state index contributed by atoms with van der Waals surface area (Å²) in [6.45, 7) is 0. The third-order valence-electron chi connectivity index (χ3n) is 11.2. The molecule has 0 N–H and O–H groups in total. The minimum Gasteiger partial charge on any atom is -0.465 e. The number of fused-ring (bicyclic) bond motifs is 2. The summed E-state index contributed by atoms with van der Waals surface area (Å²) < 4.78 is 6.42. The van der Waals surface area contributed by atoms with Gasteiger partial charge in [-0.3, -0.25) is 4.98 Å². The second-order valence-corrected chi connectivity index (χ2v) is 14.8. The molecule has 10 rings (SSSR count). The first kappa shape index (κ1) is 36.4. The van der Waals surface area contributed by atoms with Crippen LogP contribution in [0.1, 0.15) is 16.7 Å². The Bertz CT molecular complexity index is 3080. The van der Waals surface area contributed by atoms with E-state index in [4.69, 9.17) is 14.7 Å². The standard InChI is InChI=1S/C56H39N3O/c1-2-12-34-60-54-29-10-9-28-50(54)56(32-11-1,48-26-14-22-44(36-48)45-31-30-41-25-16-33-57-51(41)38-45)49-27-15-24-47(37-49)53-39-52(58-55(59-53)42-19-7-4-8-20-42)46-23-13-21-43(35-46)40-17-5-3-6-18-40/h1-39H/b2-1?,32-11+,34-12?. The van der Waals surface area contributed by atoms with Crippen molar-refractivity contribution < 1.29 is 4.74 Å². The molecular formula is C56H39N3O. The largest absolute Gasteiger partial charge is 0.465 e. The number of hydrogen-bond donors (Lipinski definition) is 0. The third kappa shape index (κ3) is 7.12. The normalized spacial score (nSPS) is 15.2. The Kier molecular flexibility index (Phi) is 9.78. The number of benzene rings is 7. The molecule has 0 bridgehead atoms. The monoisotopic (exact) mass is 769 g/mol. The average Bonchev–Trinajstić information content (AvgIpc) is 3.33. The maximum Gasteiger partial charge on any atom is 0.160 e. The molecule has 1 unspecified atom stereocenters. The van der Waals surface area contributed by atoms with Gasteiger partial charge in [0.15, 0.2) is 5.82 Å². The second-order valence-electron chi connectivity index (χ2n) is 14.8. The van der Waals surface area contributed by atoms with Gasteiger partial charge in [0.2, 0.25) is 0 Å². The van der Waals surface area contributed by atoms with Crippen molar-refractivity contribution in [3.05, 3.63) is 254 Å². The van der Waals surface area contributed by atoms with Crippen LogP contribution in [0.2, 0.25) is 0 Å². The van der Waals surface area contributed by atoms with Gasteiger partial charge >= 0.3 is 0 Å². The Hall–Kier alpha value is -7.95. The molecule has 1 aliphatic rings. The van der Waals surface area contributed by atoms with Crippen molar-refractivity contribution in [3.63, 3.8) is 0 Å². The predicted octanol–water partition coefficient (Wildman–Crippen LogP) is 13.7. The Morgan fingerprint density at radius 1 is 0.400 bits per heavy atom. The number of hydrogen-bond acceptors (Lipinski definition) is 4. The molecule has 7 aromatic carbocycles. The summed E-state index contributed by atoms with van der Waals surface area (Å²) in [6.07, 6.45) is 14.0. The molecule has 284 valence electrons. The summed E-state index contributed by atoms with van der Waals surface area (Å²) in [7, 11) is 0. The second kappa shape index (κ2) is 16.1. The minimum absolute atomic E-state index is 0.667. The van der Waals surface area contributed by atoms with Crippen LogP contribution in [-0.4, -0.2) is 15.0 Å². The fraction of sp³-hybridized carbons (Fsp3) is 0.0179. The van der Waals surface area contributed by atoms with Crippen LogP contribution >= 0.6 is 0 Å². The predicted molar refractivity (Wildman–Crippen MR) is 245 cm³/mol. The molecule has 60 heavy (non-hydrogen) atoms. The summed E-state index contributed by atoms with van der Waals surface area (Å²) in [5, 5.41) is 1.11. The SMILES string of the molecule is C1=C/C=C/C(c2cccc(-c3ccc4cccnc4c3)c2)(c2cccc(-c3cc(-c4cccc(-c5ccccc5)c4)nc(-c4ccccc4)n3)c2)c2ccccc2OC=C1. The zero-order valence-corrected chi connectivity index (χ0v) is 32.8. The van der Waals surface area contributed by atoms with Gasteiger partial charge in [0.25, 0.3) is 0 Å². The van der Waals surface area contributed by atoms with Crippen LogP contribution in [0.5, 0.6) is 5.75 Å². The highest BCUT2D eigenvalue weighted by molar-refractivity contribution is 5.84. The van der Waals surface area contributed by atoms with Crippen LogP contribution < -0.4 is 4.74 Å². The highest BCUT2D eigenvalue weighted by atomic mass is 16.5. The quantitative estimate of drug-likeness (QED) is 0.162. The van der Waals surface area contributed by atoms with E-state index in [9.17, 15) is 0 Å². The summed E-state index contributed by atoms with van der Waals surface area (Å²) in [4.78, 5) is 15.1. The number of pyridine rings is 1. The maximum absolute atomic E-state index is 6.42. The molecule has 0 radical (unpaired) electrons. The molecule has 1 atom stereocenters. The lowest BCUT2D eigenvalue weighted by atomic mass is 9.68. The number of nitrogens with zero attached hydrogens (tertiary/aromatic N) is 3. The number of ether oxygens (including phenoxy) is 1. The van der Waals surface area contributed by atoms with Gasteiger partial charge in [-0.05, 0) is 81.9 Å². The molecule has 4 heteroatoms. The third-order valence-corrected chi connectivity index (χ3v) is 11.2. The molecule has 0 aliphatic carbocycles. The van der Waals surface area contributed by atoms with Gasteiger partial charge in [-0.1, -0.05) is 176 Å². The Morgan fingerprint density at radius 2 is 1.00 bits per heavy atom. The van der Waals surface area contributed by atoms with E-state index in [-0.39, 0.29) is 0 Å². The number of rotatable bonds is 7. The zero-order valence-electron chi connectivity index (χ0n) is 32.8. The smallest absolute Gasteiger partial charge is 0.160 e. The van der Waals surface area contributed by atoms with Crippen molar-refractivity contribution in [1.29, 1.82) is 0 Å². The van der Waals surface area contributed by atoms with E-state index in [1.165, 1.54) is 0 Å². The molecule has 9 aromatic rings.